The molecule has 4 rings (SSSR count). The monoisotopic (exact) mass is 473 g/mol. The number of non-ortho nitro benzene ring substituents is 1. The van der Waals surface area contributed by atoms with Crippen LogP contribution in [0.25, 0.3) is 0 Å². The van der Waals surface area contributed by atoms with Crippen LogP contribution >= 0.6 is 15.9 Å². The van der Waals surface area contributed by atoms with Crippen LogP contribution in [0.3, 0.4) is 0 Å². The summed E-state index contributed by atoms with van der Waals surface area (Å²) in [6, 6.07) is 11.3. The minimum absolute atomic E-state index is 0.127. The summed E-state index contributed by atoms with van der Waals surface area (Å²) in [5.74, 6) is 0. The Balaban J connectivity index is 1.47. The lowest BCUT2D eigenvalue weighted by Crippen LogP contribution is -2.61. The molecule has 3 N–H and O–H groups in total. The average Bonchev–Trinajstić information content (AvgIpc) is 2.76. The number of piperidine rings is 1. The molecule has 1 saturated heterocycles. The van der Waals surface area contributed by atoms with Crippen LogP contribution in [-0.2, 0) is 5.54 Å². The number of halogens is 1. The second-order valence-electron chi connectivity index (χ2n) is 8.42. The number of nitro groups is 1. The minimum atomic E-state index is -0.475. The Morgan fingerprint density at radius 1 is 1.20 bits per heavy atom. The van der Waals surface area contributed by atoms with E-state index in [2.05, 4.69) is 31.1 Å². The van der Waals surface area contributed by atoms with E-state index in [-0.39, 0.29) is 16.7 Å². The maximum atomic E-state index is 10.9. The zero-order valence-electron chi connectivity index (χ0n) is 17.0. The van der Waals surface area contributed by atoms with Gasteiger partial charge in [-0.3, -0.25) is 15.1 Å². The highest BCUT2D eigenvalue weighted by atomic mass is 79.9. The van der Waals surface area contributed by atoms with Gasteiger partial charge in [0.25, 0.3) is 5.69 Å². The molecule has 8 heteroatoms. The average molecular weight is 474 g/mol. The molecule has 0 radical (unpaired) electrons. The van der Waals surface area contributed by atoms with Gasteiger partial charge in [-0.1, -0.05) is 28.8 Å². The van der Waals surface area contributed by atoms with Crippen molar-refractivity contribution >= 4 is 27.3 Å². The predicted molar refractivity (Wildman–Crippen MR) is 122 cm³/mol. The van der Waals surface area contributed by atoms with Crippen molar-refractivity contribution in [2.45, 2.75) is 56.1 Å². The van der Waals surface area contributed by atoms with Crippen molar-refractivity contribution in [1.82, 2.24) is 10.3 Å². The molecule has 2 heterocycles. The van der Waals surface area contributed by atoms with Gasteiger partial charge in [0.2, 0.25) is 0 Å². The van der Waals surface area contributed by atoms with Gasteiger partial charge in [-0.15, -0.1) is 0 Å². The van der Waals surface area contributed by atoms with Crippen LogP contribution in [0.1, 0.15) is 44.2 Å². The highest BCUT2D eigenvalue weighted by Crippen LogP contribution is 2.36. The van der Waals surface area contributed by atoms with E-state index in [1.807, 2.05) is 30.5 Å². The van der Waals surface area contributed by atoms with Crippen LogP contribution in [-0.4, -0.2) is 35.1 Å². The number of nitrogens with one attached hydrogen (secondary N) is 1. The fourth-order valence-corrected chi connectivity index (χ4v) is 5.15. The van der Waals surface area contributed by atoms with Gasteiger partial charge in [-0.25, -0.2) is 0 Å². The molecular formula is C22H28BrN5O2. The molecule has 1 aliphatic carbocycles. The van der Waals surface area contributed by atoms with Crippen LogP contribution in [0.4, 0.5) is 11.4 Å². The van der Waals surface area contributed by atoms with E-state index < -0.39 is 5.54 Å². The van der Waals surface area contributed by atoms with E-state index in [1.54, 1.807) is 12.1 Å². The number of nitro benzene ring substituents is 1. The number of hydrogen-bond acceptors (Lipinski definition) is 6. The van der Waals surface area contributed by atoms with Crippen molar-refractivity contribution in [3.05, 3.63) is 62.9 Å². The number of anilines is 1. The molecule has 0 spiro atoms. The van der Waals surface area contributed by atoms with E-state index in [0.29, 0.717) is 6.04 Å². The van der Waals surface area contributed by atoms with Gasteiger partial charge in [-0.05, 0) is 49.9 Å². The Morgan fingerprint density at radius 2 is 2.00 bits per heavy atom. The van der Waals surface area contributed by atoms with Gasteiger partial charge >= 0.3 is 0 Å². The molecule has 0 bridgehead atoms. The van der Waals surface area contributed by atoms with Gasteiger partial charge in [0, 0.05) is 53.7 Å². The summed E-state index contributed by atoms with van der Waals surface area (Å²) in [6.07, 6.45) is 8.24. The molecule has 2 aliphatic rings. The van der Waals surface area contributed by atoms with Crippen LogP contribution in [0.5, 0.6) is 0 Å². The number of pyridine rings is 1. The van der Waals surface area contributed by atoms with Gasteiger partial charge in [0.1, 0.15) is 0 Å². The van der Waals surface area contributed by atoms with Crippen molar-refractivity contribution in [1.29, 1.82) is 0 Å². The fourth-order valence-electron chi connectivity index (χ4n) is 4.81. The van der Waals surface area contributed by atoms with E-state index in [4.69, 9.17) is 5.73 Å². The lowest BCUT2D eigenvalue weighted by atomic mass is 9.75. The second kappa shape index (κ2) is 8.99. The SMILES string of the molecule is NC1(c2cc(Br)ccn2)CCCCC1NC1CCCN(c2ccc([N+](=O)[O-])cc2)C1. The maximum Gasteiger partial charge on any atom is 0.269 e. The van der Waals surface area contributed by atoms with Crippen molar-refractivity contribution in [3.63, 3.8) is 0 Å². The first-order chi connectivity index (χ1) is 14.5. The molecule has 3 atom stereocenters. The molecular weight excluding hydrogens is 446 g/mol. The Morgan fingerprint density at radius 3 is 2.73 bits per heavy atom. The lowest BCUT2D eigenvalue weighted by molar-refractivity contribution is -0.384. The number of aromatic nitrogens is 1. The Bertz CT molecular complexity index is 893. The first-order valence-electron chi connectivity index (χ1n) is 10.6. The first-order valence-corrected chi connectivity index (χ1v) is 11.4. The standard InChI is InChI=1S/C22H28BrN5O2/c23-16-10-12-25-21(14-16)22(24)11-2-1-5-20(22)26-17-4-3-13-27(15-17)18-6-8-19(9-7-18)28(29)30/h6-10,12,14,17,20,26H,1-5,11,13,15,24H2. The highest BCUT2D eigenvalue weighted by Gasteiger charge is 2.41. The molecule has 1 aliphatic heterocycles. The summed E-state index contributed by atoms with van der Waals surface area (Å²) in [5, 5.41) is 14.8. The van der Waals surface area contributed by atoms with Crippen molar-refractivity contribution < 1.29 is 4.92 Å². The smallest absolute Gasteiger partial charge is 0.269 e. The number of rotatable bonds is 5. The molecule has 2 aromatic rings. The van der Waals surface area contributed by atoms with Crippen LogP contribution in [0, 0.1) is 10.1 Å². The predicted octanol–water partition coefficient (Wildman–Crippen LogP) is 4.11. The molecule has 1 saturated carbocycles. The largest absolute Gasteiger partial charge is 0.370 e. The van der Waals surface area contributed by atoms with Gasteiger partial charge in [0.05, 0.1) is 16.2 Å². The maximum absolute atomic E-state index is 10.9. The third-order valence-corrected chi connectivity index (χ3v) is 6.93. The van der Waals surface area contributed by atoms with Gasteiger partial charge in [0.15, 0.2) is 0 Å². The number of hydrogen-bond donors (Lipinski definition) is 2. The summed E-state index contributed by atoms with van der Waals surface area (Å²) in [7, 11) is 0. The number of benzene rings is 1. The fraction of sp³-hybridized carbons (Fsp3) is 0.500. The highest BCUT2D eigenvalue weighted by molar-refractivity contribution is 9.10. The molecule has 3 unspecified atom stereocenters. The second-order valence-corrected chi connectivity index (χ2v) is 9.34. The lowest BCUT2D eigenvalue weighted by Gasteiger charge is -2.45. The van der Waals surface area contributed by atoms with E-state index in [9.17, 15) is 10.1 Å². The quantitative estimate of drug-likeness (QED) is 0.500. The summed E-state index contributed by atoms with van der Waals surface area (Å²) in [5.41, 5.74) is 8.60. The van der Waals surface area contributed by atoms with Crippen LogP contribution < -0.4 is 16.0 Å². The van der Waals surface area contributed by atoms with Crippen molar-refractivity contribution in [3.8, 4) is 0 Å². The van der Waals surface area contributed by atoms with Crippen molar-refractivity contribution in [2.75, 3.05) is 18.0 Å². The summed E-state index contributed by atoms with van der Waals surface area (Å²) < 4.78 is 1.00. The Labute approximate surface area is 185 Å². The van der Waals surface area contributed by atoms with E-state index in [1.165, 1.54) is 6.42 Å². The Kier molecular flexibility index (Phi) is 6.36. The molecule has 1 aromatic heterocycles. The Hall–Kier alpha value is -2.03. The third-order valence-electron chi connectivity index (χ3n) is 6.44. The van der Waals surface area contributed by atoms with Crippen molar-refractivity contribution in [2.24, 2.45) is 5.73 Å². The minimum Gasteiger partial charge on any atom is -0.370 e. The van der Waals surface area contributed by atoms with E-state index >= 15 is 0 Å². The topological polar surface area (TPSA) is 97.3 Å². The first kappa shape index (κ1) is 21.2. The van der Waals surface area contributed by atoms with Gasteiger partial charge in [-0.2, -0.15) is 0 Å². The third kappa shape index (κ3) is 4.50. The zero-order chi connectivity index (χ0) is 21.1. The molecule has 0 amide bonds. The number of nitrogens with two attached hydrogens (primary N) is 1. The normalized spacial score (nSPS) is 27.1. The molecule has 7 nitrogen and oxygen atoms in total. The summed E-state index contributed by atoms with van der Waals surface area (Å²) in [6.45, 7) is 1.83. The van der Waals surface area contributed by atoms with Crippen LogP contribution in [0.15, 0.2) is 47.1 Å². The summed E-state index contributed by atoms with van der Waals surface area (Å²) in [4.78, 5) is 17.5. The van der Waals surface area contributed by atoms with E-state index in [0.717, 1.165) is 61.0 Å². The molecule has 160 valence electrons. The number of nitrogens with zero attached hydrogens (tertiary/aromatic N) is 3. The van der Waals surface area contributed by atoms with Gasteiger partial charge < -0.3 is 16.0 Å². The zero-order valence-corrected chi connectivity index (χ0v) is 18.6. The molecule has 30 heavy (non-hydrogen) atoms. The molecule has 1 aromatic carbocycles. The summed E-state index contributed by atoms with van der Waals surface area (Å²) >= 11 is 3.55. The molecule has 2 fully saturated rings. The van der Waals surface area contributed by atoms with Crippen LogP contribution in [0.2, 0.25) is 0 Å².